The largest absolute Gasteiger partial charge is 0.481 e. The lowest BCUT2D eigenvalue weighted by Crippen LogP contribution is -2.46. The summed E-state index contributed by atoms with van der Waals surface area (Å²) in [5.74, 6) is -0.396. The molecule has 0 spiro atoms. The van der Waals surface area contributed by atoms with E-state index in [-0.39, 0.29) is 18.1 Å². The van der Waals surface area contributed by atoms with Crippen LogP contribution in [0.5, 0.6) is 5.75 Å². The maximum absolute atomic E-state index is 11.9. The fourth-order valence-electron chi connectivity index (χ4n) is 2.22. The number of benzene rings is 2. The van der Waals surface area contributed by atoms with E-state index in [1.807, 2.05) is 51.1 Å². The van der Waals surface area contributed by atoms with Crippen molar-refractivity contribution in [2.75, 3.05) is 6.61 Å². The van der Waals surface area contributed by atoms with Crippen molar-refractivity contribution in [3.63, 3.8) is 0 Å². The molecule has 0 heterocycles. The molecule has 0 aliphatic carbocycles. The first-order valence-corrected chi connectivity index (χ1v) is 8.78. The Labute approximate surface area is 155 Å². The predicted octanol–water partition coefficient (Wildman–Crippen LogP) is 3.83. The van der Waals surface area contributed by atoms with E-state index in [1.54, 1.807) is 6.07 Å². The van der Waals surface area contributed by atoms with Gasteiger partial charge in [0.2, 0.25) is 0 Å². The van der Waals surface area contributed by atoms with Gasteiger partial charge in [-0.25, -0.2) is 4.79 Å². The molecular formula is C19H22BrNO4. The lowest BCUT2D eigenvalue weighted by Gasteiger charge is -2.23. The zero-order valence-corrected chi connectivity index (χ0v) is 16.3. The van der Waals surface area contributed by atoms with Crippen molar-refractivity contribution in [1.29, 1.82) is 0 Å². The van der Waals surface area contributed by atoms with Crippen LogP contribution in [0.25, 0.3) is 10.8 Å². The van der Waals surface area contributed by atoms with Gasteiger partial charge < -0.3 is 14.8 Å². The molecule has 0 bridgehead atoms. The summed E-state index contributed by atoms with van der Waals surface area (Å²) in [6.07, 6.45) is -0.879. The number of carbonyl (C=O) groups is 2. The maximum atomic E-state index is 11.9. The van der Waals surface area contributed by atoms with Gasteiger partial charge in [0.05, 0.1) is 4.47 Å². The Balaban J connectivity index is 1.94. The van der Waals surface area contributed by atoms with Crippen LogP contribution in [0.1, 0.15) is 27.7 Å². The van der Waals surface area contributed by atoms with Gasteiger partial charge in [-0.2, -0.15) is 0 Å². The third kappa shape index (κ3) is 5.46. The fraction of sp³-hybridized carbons (Fsp3) is 0.368. The summed E-state index contributed by atoms with van der Waals surface area (Å²) in [6, 6.07) is 11.5. The van der Waals surface area contributed by atoms with E-state index in [1.165, 1.54) is 6.92 Å². The first-order chi connectivity index (χ1) is 11.7. The van der Waals surface area contributed by atoms with Gasteiger partial charge in [0.15, 0.2) is 12.7 Å². The molecule has 0 fully saturated rings. The van der Waals surface area contributed by atoms with E-state index in [0.717, 1.165) is 15.2 Å². The lowest BCUT2D eigenvalue weighted by atomic mass is 10.1. The average molecular weight is 408 g/mol. The van der Waals surface area contributed by atoms with Gasteiger partial charge in [0.1, 0.15) is 5.75 Å². The topological polar surface area (TPSA) is 64.6 Å². The molecule has 2 rings (SSSR count). The summed E-state index contributed by atoms with van der Waals surface area (Å²) in [7, 11) is 0. The number of ether oxygens (including phenoxy) is 2. The molecule has 0 unspecified atom stereocenters. The van der Waals surface area contributed by atoms with Crippen molar-refractivity contribution in [3.05, 3.63) is 40.9 Å². The molecule has 2 aromatic rings. The van der Waals surface area contributed by atoms with Gasteiger partial charge in [-0.05, 0) is 60.5 Å². The summed E-state index contributed by atoms with van der Waals surface area (Å²) in [4.78, 5) is 23.9. The maximum Gasteiger partial charge on any atom is 0.344 e. The third-order valence-electron chi connectivity index (χ3n) is 3.35. The Kier molecular flexibility index (Phi) is 6.06. The Hall–Kier alpha value is -2.08. The summed E-state index contributed by atoms with van der Waals surface area (Å²) in [6.45, 7) is 6.84. The van der Waals surface area contributed by atoms with Crippen LogP contribution in [0.2, 0.25) is 0 Å². The van der Waals surface area contributed by atoms with Crippen LogP contribution in [0.15, 0.2) is 40.9 Å². The van der Waals surface area contributed by atoms with Crippen LogP contribution >= 0.6 is 15.9 Å². The minimum Gasteiger partial charge on any atom is -0.481 e. The zero-order chi connectivity index (χ0) is 18.6. The number of carbonyl (C=O) groups excluding carboxylic acids is 2. The molecule has 2 aromatic carbocycles. The molecule has 5 nitrogen and oxygen atoms in total. The summed E-state index contributed by atoms with van der Waals surface area (Å²) in [5, 5.41) is 4.82. The molecule has 6 heteroatoms. The van der Waals surface area contributed by atoms with Crippen molar-refractivity contribution < 1.29 is 19.1 Å². The van der Waals surface area contributed by atoms with Gasteiger partial charge in [0.25, 0.3) is 5.91 Å². The Bertz CT molecular complexity index is 783. The van der Waals surface area contributed by atoms with E-state index in [2.05, 4.69) is 21.2 Å². The number of hydrogen-bond donors (Lipinski definition) is 1. The summed E-state index contributed by atoms with van der Waals surface area (Å²) >= 11 is 3.50. The summed E-state index contributed by atoms with van der Waals surface area (Å²) in [5.41, 5.74) is -0.385. The molecule has 1 atom stereocenters. The van der Waals surface area contributed by atoms with Crippen LogP contribution in [0, 0.1) is 0 Å². The molecular weight excluding hydrogens is 386 g/mol. The Morgan fingerprint density at radius 2 is 1.84 bits per heavy atom. The molecule has 0 saturated carbocycles. The van der Waals surface area contributed by atoms with E-state index in [0.29, 0.717) is 5.75 Å². The third-order valence-corrected chi connectivity index (χ3v) is 4.17. The number of rotatable bonds is 5. The minimum atomic E-state index is -0.879. The number of esters is 1. The second-order valence-corrected chi connectivity index (χ2v) is 7.55. The van der Waals surface area contributed by atoms with Crippen LogP contribution in [0.3, 0.4) is 0 Å². The monoisotopic (exact) mass is 407 g/mol. The van der Waals surface area contributed by atoms with Crippen molar-refractivity contribution in [3.8, 4) is 5.75 Å². The smallest absolute Gasteiger partial charge is 0.344 e. The fourth-order valence-corrected chi connectivity index (χ4v) is 2.83. The molecule has 25 heavy (non-hydrogen) atoms. The minimum absolute atomic E-state index is 0.274. The first kappa shape index (κ1) is 19.2. The zero-order valence-electron chi connectivity index (χ0n) is 14.8. The van der Waals surface area contributed by atoms with Crippen LogP contribution in [-0.2, 0) is 14.3 Å². The Morgan fingerprint density at radius 3 is 2.52 bits per heavy atom. The predicted molar refractivity (Wildman–Crippen MR) is 101 cm³/mol. The van der Waals surface area contributed by atoms with Crippen molar-refractivity contribution in [2.45, 2.75) is 39.3 Å². The second kappa shape index (κ2) is 7.87. The molecule has 134 valence electrons. The van der Waals surface area contributed by atoms with Crippen molar-refractivity contribution in [1.82, 2.24) is 5.32 Å². The highest BCUT2D eigenvalue weighted by Gasteiger charge is 2.22. The van der Waals surface area contributed by atoms with Gasteiger partial charge >= 0.3 is 5.97 Å². The highest BCUT2D eigenvalue weighted by atomic mass is 79.9. The van der Waals surface area contributed by atoms with Gasteiger partial charge in [-0.15, -0.1) is 0 Å². The quantitative estimate of drug-likeness (QED) is 0.764. The molecule has 0 aromatic heterocycles. The first-order valence-electron chi connectivity index (χ1n) is 7.99. The second-order valence-electron chi connectivity index (χ2n) is 6.76. The number of fused-ring (bicyclic) bond motifs is 1. The molecule has 0 radical (unpaired) electrons. The van der Waals surface area contributed by atoms with E-state index >= 15 is 0 Å². The van der Waals surface area contributed by atoms with Gasteiger partial charge in [-0.3, -0.25) is 4.79 Å². The normalized spacial score (nSPS) is 12.5. The summed E-state index contributed by atoms with van der Waals surface area (Å²) < 4.78 is 11.4. The highest BCUT2D eigenvalue weighted by Crippen LogP contribution is 2.32. The molecule has 1 N–H and O–H groups in total. The SMILES string of the molecule is C[C@@H](OC(=O)COc1ccc2ccccc2c1Br)C(=O)NC(C)(C)C. The number of amides is 1. The van der Waals surface area contributed by atoms with Gasteiger partial charge in [0, 0.05) is 5.54 Å². The average Bonchev–Trinajstić information content (AvgIpc) is 2.53. The molecule has 1 amide bonds. The van der Waals surface area contributed by atoms with E-state index in [9.17, 15) is 9.59 Å². The van der Waals surface area contributed by atoms with E-state index in [4.69, 9.17) is 9.47 Å². The van der Waals surface area contributed by atoms with Crippen LogP contribution in [0.4, 0.5) is 0 Å². The van der Waals surface area contributed by atoms with Crippen molar-refractivity contribution in [2.24, 2.45) is 0 Å². The molecule has 0 aliphatic rings. The lowest BCUT2D eigenvalue weighted by molar-refractivity contribution is -0.157. The van der Waals surface area contributed by atoms with Crippen LogP contribution < -0.4 is 10.1 Å². The number of halogens is 1. The van der Waals surface area contributed by atoms with Gasteiger partial charge in [-0.1, -0.05) is 30.3 Å². The highest BCUT2D eigenvalue weighted by molar-refractivity contribution is 9.10. The standard InChI is InChI=1S/C19H22BrNO4/c1-12(18(23)21-19(2,3)4)25-16(22)11-24-15-10-9-13-7-5-6-8-14(13)17(15)20/h5-10,12H,11H2,1-4H3,(H,21,23)/t12-/m1/s1. The Morgan fingerprint density at radius 1 is 1.16 bits per heavy atom. The molecule has 0 saturated heterocycles. The van der Waals surface area contributed by atoms with E-state index < -0.39 is 12.1 Å². The number of nitrogens with one attached hydrogen (secondary N) is 1. The van der Waals surface area contributed by atoms with Crippen LogP contribution in [-0.4, -0.2) is 30.1 Å². The van der Waals surface area contributed by atoms with Crippen molar-refractivity contribution >= 4 is 38.6 Å². The number of hydrogen-bond acceptors (Lipinski definition) is 4. The molecule has 0 aliphatic heterocycles.